The number of phenols is 1. The summed E-state index contributed by atoms with van der Waals surface area (Å²) in [6, 6.07) is 7.19. The van der Waals surface area contributed by atoms with Crippen LogP contribution in [0.2, 0.25) is 0 Å². The van der Waals surface area contributed by atoms with Gasteiger partial charge in [-0.05, 0) is 41.0 Å². The molecule has 0 bridgehead atoms. The van der Waals surface area contributed by atoms with Gasteiger partial charge in [0.05, 0.1) is 45.6 Å². The van der Waals surface area contributed by atoms with Gasteiger partial charge in [-0.15, -0.1) is 0 Å². The molecule has 2 N–H and O–H groups in total. The van der Waals surface area contributed by atoms with E-state index in [-0.39, 0.29) is 74.1 Å². The third-order valence-electron chi connectivity index (χ3n) is 8.79. The van der Waals surface area contributed by atoms with E-state index in [1.165, 1.54) is 14.2 Å². The standard InChI is InChI=1S/C29H32O12/c1-33-20-3-13(4-21(34-2)26(20)31)24-15-6-18-19(38-12-37-18)7-16(15)28(17-9-36-29(32)25(17)24)41-23-5-14(8-30)27-22(40-23)10-35-11-39-27/h3-4,6-7,14,17,22-25,27-28,30-31H,5,8-12H2,1-2H3/t14?,17?,22?,23-,24+,25?,27?,28+/m0/s1. The normalized spacial score (nSPS) is 33.4. The molecule has 2 aromatic carbocycles. The lowest BCUT2D eigenvalue weighted by Crippen LogP contribution is -2.53. The first kappa shape index (κ1) is 26.6. The van der Waals surface area contributed by atoms with Crippen molar-refractivity contribution in [3.05, 3.63) is 41.0 Å². The third-order valence-corrected chi connectivity index (χ3v) is 8.79. The molecule has 4 aliphatic heterocycles. The van der Waals surface area contributed by atoms with Crippen LogP contribution in [0.15, 0.2) is 24.3 Å². The predicted molar refractivity (Wildman–Crippen MR) is 137 cm³/mol. The molecule has 0 radical (unpaired) electrons. The van der Waals surface area contributed by atoms with E-state index in [1.807, 2.05) is 12.1 Å². The number of benzene rings is 2. The first-order valence-corrected chi connectivity index (χ1v) is 13.7. The van der Waals surface area contributed by atoms with Crippen molar-refractivity contribution >= 4 is 5.97 Å². The van der Waals surface area contributed by atoms with E-state index < -0.39 is 24.2 Å². The Balaban J connectivity index is 1.32. The smallest absolute Gasteiger partial charge is 0.310 e. The topological polar surface area (TPSA) is 141 Å². The summed E-state index contributed by atoms with van der Waals surface area (Å²) < 4.78 is 52.1. The highest BCUT2D eigenvalue weighted by Crippen LogP contribution is 2.57. The summed E-state index contributed by atoms with van der Waals surface area (Å²) in [5, 5.41) is 20.7. The van der Waals surface area contributed by atoms with Crippen molar-refractivity contribution in [1.82, 2.24) is 0 Å². The predicted octanol–water partition coefficient (Wildman–Crippen LogP) is 2.23. The average Bonchev–Trinajstić information content (AvgIpc) is 3.62. The number of aliphatic hydroxyl groups excluding tert-OH is 1. The maximum Gasteiger partial charge on any atom is 0.310 e. The highest BCUT2D eigenvalue weighted by Gasteiger charge is 2.54. The van der Waals surface area contributed by atoms with Crippen LogP contribution < -0.4 is 18.9 Å². The van der Waals surface area contributed by atoms with Crippen molar-refractivity contribution in [3.8, 4) is 28.7 Å². The van der Waals surface area contributed by atoms with Crippen LogP contribution in [0.1, 0.15) is 35.1 Å². The quantitative estimate of drug-likeness (QED) is 0.491. The minimum Gasteiger partial charge on any atom is -0.502 e. The number of ether oxygens (including phenoxy) is 9. The number of hydrogen-bond acceptors (Lipinski definition) is 12. The van der Waals surface area contributed by atoms with Gasteiger partial charge in [0.15, 0.2) is 29.3 Å². The lowest BCUT2D eigenvalue weighted by atomic mass is 9.66. The number of methoxy groups -OCH3 is 2. The summed E-state index contributed by atoms with van der Waals surface area (Å²) in [4.78, 5) is 13.4. The lowest BCUT2D eigenvalue weighted by Gasteiger charge is -2.45. The number of aromatic hydroxyl groups is 1. The molecule has 0 spiro atoms. The van der Waals surface area contributed by atoms with Crippen LogP contribution in [0.25, 0.3) is 0 Å². The summed E-state index contributed by atoms with van der Waals surface area (Å²) >= 11 is 0. The number of fused-ring (bicyclic) bond motifs is 4. The molecule has 8 atom stereocenters. The number of rotatable bonds is 6. The Morgan fingerprint density at radius 2 is 1.68 bits per heavy atom. The van der Waals surface area contributed by atoms with Crippen molar-refractivity contribution in [1.29, 1.82) is 0 Å². The van der Waals surface area contributed by atoms with E-state index in [9.17, 15) is 15.0 Å². The molecule has 41 heavy (non-hydrogen) atoms. The highest BCUT2D eigenvalue weighted by molar-refractivity contribution is 5.79. The van der Waals surface area contributed by atoms with E-state index in [1.54, 1.807) is 12.1 Å². The van der Waals surface area contributed by atoms with Crippen molar-refractivity contribution in [2.45, 2.75) is 36.9 Å². The zero-order valence-electron chi connectivity index (χ0n) is 22.6. The molecule has 0 aromatic heterocycles. The third kappa shape index (κ3) is 4.36. The molecule has 7 rings (SSSR count). The Morgan fingerprint density at radius 3 is 2.39 bits per heavy atom. The highest BCUT2D eigenvalue weighted by atomic mass is 16.7. The van der Waals surface area contributed by atoms with E-state index in [2.05, 4.69) is 0 Å². The molecule has 0 saturated carbocycles. The molecule has 220 valence electrons. The zero-order chi connectivity index (χ0) is 28.2. The summed E-state index contributed by atoms with van der Waals surface area (Å²) in [6.07, 6.45) is -1.52. The number of aliphatic hydroxyl groups is 1. The lowest BCUT2D eigenvalue weighted by molar-refractivity contribution is -0.314. The van der Waals surface area contributed by atoms with Crippen molar-refractivity contribution in [2.24, 2.45) is 17.8 Å². The first-order chi connectivity index (χ1) is 20.0. The van der Waals surface area contributed by atoms with Gasteiger partial charge in [-0.25, -0.2) is 0 Å². The Bertz CT molecular complexity index is 1300. The molecule has 1 aliphatic carbocycles. The number of cyclic esters (lactones) is 1. The van der Waals surface area contributed by atoms with Gasteiger partial charge in [0.1, 0.15) is 12.9 Å². The van der Waals surface area contributed by atoms with Crippen LogP contribution in [-0.2, 0) is 28.5 Å². The van der Waals surface area contributed by atoms with Gasteiger partial charge < -0.3 is 52.8 Å². The van der Waals surface area contributed by atoms with Gasteiger partial charge in [0, 0.05) is 30.8 Å². The Morgan fingerprint density at radius 1 is 0.951 bits per heavy atom. The van der Waals surface area contributed by atoms with Crippen LogP contribution in [0.4, 0.5) is 0 Å². The fourth-order valence-electron chi connectivity index (χ4n) is 6.89. The van der Waals surface area contributed by atoms with Gasteiger partial charge in [-0.1, -0.05) is 0 Å². The molecule has 5 aliphatic rings. The maximum atomic E-state index is 13.4. The van der Waals surface area contributed by atoms with Crippen LogP contribution in [0.5, 0.6) is 28.7 Å². The van der Waals surface area contributed by atoms with E-state index in [4.69, 9.17) is 42.6 Å². The van der Waals surface area contributed by atoms with Gasteiger partial charge in [-0.2, -0.15) is 0 Å². The molecule has 12 heteroatoms. The van der Waals surface area contributed by atoms with E-state index in [0.29, 0.717) is 30.1 Å². The zero-order valence-corrected chi connectivity index (χ0v) is 22.6. The Labute approximate surface area is 235 Å². The number of phenolic OH excluding ortho intramolecular Hbond substituents is 1. The molecule has 3 fully saturated rings. The summed E-state index contributed by atoms with van der Waals surface area (Å²) in [5.41, 5.74) is 2.32. The number of carbonyl (C=O) groups excluding carboxylic acids is 1. The SMILES string of the molecule is COc1cc([C@@H]2c3cc4c(cc3[C@@H](O[C@H]3CC(CO)C5OCOCC5O3)C3COC(=O)C32)OCO4)cc(OC)c1O. The fraction of sp³-hybridized carbons (Fsp3) is 0.552. The van der Waals surface area contributed by atoms with E-state index in [0.717, 1.165) is 11.1 Å². The molecule has 5 unspecified atom stereocenters. The molecule has 4 heterocycles. The van der Waals surface area contributed by atoms with Gasteiger partial charge in [-0.3, -0.25) is 4.79 Å². The minimum absolute atomic E-state index is 0.0788. The molecule has 2 aromatic rings. The van der Waals surface area contributed by atoms with Crippen LogP contribution in [-0.4, -0.2) is 82.3 Å². The first-order valence-electron chi connectivity index (χ1n) is 13.7. The van der Waals surface area contributed by atoms with Gasteiger partial charge in [0.2, 0.25) is 12.5 Å². The molecular formula is C29H32O12. The summed E-state index contributed by atoms with van der Waals surface area (Å²) in [7, 11) is 2.91. The van der Waals surface area contributed by atoms with Crippen molar-refractivity contribution in [3.63, 3.8) is 0 Å². The minimum atomic E-state index is -0.677. The molecule has 0 amide bonds. The molecule has 12 nitrogen and oxygen atoms in total. The van der Waals surface area contributed by atoms with Crippen molar-refractivity contribution < 1.29 is 57.6 Å². The number of carbonyl (C=O) groups is 1. The second-order valence-electron chi connectivity index (χ2n) is 10.9. The molecule has 3 saturated heterocycles. The Hall–Kier alpha value is -3.29. The number of esters is 1. The van der Waals surface area contributed by atoms with Crippen LogP contribution in [0, 0.1) is 17.8 Å². The average molecular weight is 573 g/mol. The second kappa shape index (κ2) is 10.5. The Kier molecular flexibility index (Phi) is 6.82. The summed E-state index contributed by atoms with van der Waals surface area (Å²) in [6.45, 7) is 0.648. The van der Waals surface area contributed by atoms with Gasteiger partial charge in [0.25, 0.3) is 0 Å². The fourth-order valence-corrected chi connectivity index (χ4v) is 6.89. The van der Waals surface area contributed by atoms with Crippen molar-refractivity contribution in [2.75, 3.05) is 47.6 Å². The summed E-state index contributed by atoms with van der Waals surface area (Å²) in [5.74, 6) is -0.550. The number of hydrogen-bond donors (Lipinski definition) is 2. The van der Waals surface area contributed by atoms with Crippen LogP contribution in [0.3, 0.4) is 0 Å². The van der Waals surface area contributed by atoms with Gasteiger partial charge >= 0.3 is 5.97 Å². The second-order valence-corrected chi connectivity index (χ2v) is 10.9. The van der Waals surface area contributed by atoms with E-state index >= 15 is 0 Å². The maximum absolute atomic E-state index is 13.4. The van der Waals surface area contributed by atoms with Crippen LogP contribution >= 0.6 is 0 Å². The monoisotopic (exact) mass is 572 g/mol. The molecular weight excluding hydrogens is 540 g/mol. The largest absolute Gasteiger partial charge is 0.502 e.